The van der Waals surface area contributed by atoms with Crippen LogP contribution in [0.1, 0.15) is 26.2 Å². The summed E-state index contributed by atoms with van der Waals surface area (Å²) in [6.07, 6.45) is 1.90. The average Bonchev–Trinajstić information content (AvgIpc) is 2.38. The van der Waals surface area contributed by atoms with E-state index in [9.17, 15) is 9.59 Å². The van der Waals surface area contributed by atoms with Gasteiger partial charge in [-0.15, -0.1) is 0 Å². The maximum Gasteiger partial charge on any atom is 0.320 e. The van der Waals surface area contributed by atoms with Gasteiger partial charge in [-0.2, -0.15) is 0 Å². The summed E-state index contributed by atoms with van der Waals surface area (Å²) in [4.78, 5) is 26.7. The Morgan fingerprint density at radius 3 is 2.47 bits per heavy atom. The van der Waals surface area contributed by atoms with Gasteiger partial charge < -0.3 is 19.6 Å². The highest BCUT2D eigenvalue weighted by molar-refractivity contribution is 5.74. The van der Waals surface area contributed by atoms with E-state index in [1.54, 1.807) is 0 Å². The van der Waals surface area contributed by atoms with Gasteiger partial charge in [0.1, 0.15) is 0 Å². The third-order valence-electron chi connectivity index (χ3n) is 3.86. The lowest BCUT2D eigenvalue weighted by Gasteiger charge is -2.38. The minimum atomic E-state index is -0.744. The van der Waals surface area contributed by atoms with Crippen molar-refractivity contribution in [1.29, 1.82) is 0 Å². The van der Waals surface area contributed by atoms with Crippen LogP contribution in [-0.2, 0) is 9.53 Å². The lowest BCUT2D eigenvalue weighted by molar-refractivity contribution is -0.138. The van der Waals surface area contributed by atoms with Crippen molar-refractivity contribution in [3.63, 3.8) is 0 Å². The molecule has 1 atom stereocenters. The topological polar surface area (TPSA) is 70.1 Å². The van der Waals surface area contributed by atoms with Crippen LogP contribution in [0.4, 0.5) is 4.79 Å². The first-order chi connectivity index (χ1) is 9.06. The number of carbonyl (C=O) groups is 2. The molecule has 0 spiro atoms. The van der Waals surface area contributed by atoms with Gasteiger partial charge in [-0.05, 0) is 25.7 Å². The van der Waals surface area contributed by atoms with Crippen molar-refractivity contribution in [3.8, 4) is 0 Å². The number of hydrogen-bond donors (Lipinski definition) is 1. The molecule has 2 saturated heterocycles. The van der Waals surface area contributed by atoms with E-state index in [2.05, 4.69) is 0 Å². The number of aliphatic carboxylic acids is 1. The zero-order valence-corrected chi connectivity index (χ0v) is 11.4. The summed E-state index contributed by atoms with van der Waals surface area (Å²) >= 11 is 0. The molecule has 19 heavy (non-hydrogen) atoms. The average molecular weight is 270 g/mol. The summed E-state index contributed by atoms with van der Waals surface area (Å²) < 4.78 is 5.43. The van der Waals surface area contributed by atoms with E-state index < -0.39 is 5.97 Å². The van der Waals surface area contributed by atoms with Gasteiger partial charge in [0.05, 0.1) is 12.7 Å². The zero-order valence-electron chi connectivity index (χ0n) is 11.4. The van der Waals surface area contributed by atoms with Gasteiger partial charge in [0.2, 0.25) is 0 Å². The number of nitrogens with zero attached hydrogens (tertiary/aromatic N) is 2. The Kier molecular flexibility index (Phi) is 4.63. The first-order valence-electron chi connectivity index (χ1n) is 6.93. The van der Waals surface area contributed by atoms with Crippen molar-refractivity contribution in [2.45, 2.75) is 32.3 Å². The highest BCUT2D eigenvalue weighted by Crippen LogP contribution is 2.21. The van der Waals surface area contributed by atoms with Crippen LogP contribution in [-0.4, -0.2) is 65.8 Å². The molecule has 0 aromatic rings. The normalized spacial score (nSPS) is 25.4. The number of carboxylic acids is 1. The number of morpholine rings is 1. The zero-order chi connectivity index (χ0) is 13.8. The summed E-state index contributed by atoms with van der Waals surface area (Å²) in [6.45, 7) is 5.21. The second-order valence-corrected chi connectivity index (χ2v) is 5.44. The van der Waals surface area contributed by atoms with Gasteiger partial charge in [-0.3, -0.25) is 4.79 Å². The molecule has 0 aliphatic carbocycles. The molecule has 0 aromatic carbocycles. The molecular formula is C13H22N2O4. The summed E-state index contributed by atoms with van der Waals surface area (Å²) in [5, 5.41) is 8.77. The first-order valence-corrected chi connectivity index (χ1v) is 6.93. The van der Waals surface area contributed by atoms with E-state index in [1.165, 1.54) is 0 Å². The van der Waals surface area contributed by atoms with Crippen LogP contribution >= 0.6 is 0 Å². The summed E-state index contributed by atoms with van der Waals surface area (Å²) in [6, 6.07) is 0.0731. The molecule has 2 fully saturated rings. The molecule has 0 saturated carbocycles. The van der Waals surface area contributed by atoms with Crippen LogP contribution in [0.5, 0.6) is 0 Å². The van der Waals surface area contributed by atoms with Crippen LogP contribution in [0.25, 0.3) is 0 Å². The quantitative estimate of drug-likeness (QED) is 0.813. The highest BCUT2D eigenvalue weighted by Gasteiger charge is 2.29. The second-order valence-electron chi connectivity index (χ2n) is 5.44. The first kappa shape index (κ1) is 14.1. The number of amides is 2. The van der Waals surface area contributed by atoms with E-state index in [4.69, 9.17) is 9.84 Å². The number of ether oxygens (including phenoxy) is 1. The second kappa shape index (κ2) is 6.23. The maximum atomic E-state index is 12.3. The predicted octanol–water partition coefficient (Wildman–Crippen LogP) is 1.01. The number of likely N-dealkylation sites (tertiary alicyclic amines) is 1. The number of rotatable bonds is 2. The van der Waals surface area contributed by atoms with Crippen molar-refractivity contribution < 1.29 is 19.4 Å². The van der Waals surface area contributed by atoms with Gasteiger partial charge in [-0.25, -0.2) is 4.79 Å². The molecule has 2 rings (SSSR count). The monoisotopic (exact) mass is 270 g/mol. The Bertz CT molecular complexity index is 340. The molecule has 6 nitrogen and oxygen atoms in total. The van der Waals surface area contributed by atoms with E-state index in [1.807, 2.05) is 16.7 Å². The molecule has 6 heteroatoms. The Hall–Kier alpha value is -1.30. The molecule has 0 bridgehead atoms. The molecule has 2 aliphatic heterocycles. The number of piperidine rings is 1. The summed E-state index contributed by atoms with van der Waals surface area (Å²) in [7, 11) is 0. The number of carbonyl (C=O) groups excluding carboxylic acids is 1. The lowest BCUT2D eigenvalue weighted by atomic mass is 9.94. The van der Waals surface area contributed by atoms with Crippen LogP contribution in [0.3, 0.4) is 0 Å². The van der Waals surface area contributed by atoms with E-state index in [0.717, 1.165) is 12.8 Å². The Morgan fingerprint density at radius 2 is 1.89 bits per heavy atom. The van der Waals surface area contributed by atoms with Crippen molar-refractivity contribution in [1.82, 2.24) is 9.80 Å². The van der Waals surface area contributed by atoms with Gasteiger partial charge >= 0.3 is 12.0 Å². The third kappa shape index (κ3) is 3.83. The van der Waals surface area contributed by atoms with E-state index in [0.29, 0.717) is 32.8 Å². The van der Waals surface area contributed by atoms with Crippen LogP contribution in [0, 0.1) is 5.92 Å². The molecule has 0 aromatic heterocycles. The largest absolute Gasteiger partial charge is 0.481 e. The number of urea groups is 1. The maximum absolute atomic E-state index is 12.3. The van der Waals surface area contributed by atoms with Gasteiger partial charge in [0.15, 0.2) is 0 Å². The molecule has 2 amide bonds. The number of hydrogen-bond acceptors (Lipinski definition) is 3. The fourth-order valence-corrected chi connectivity index (χ4v) is 2.77. The fraction of sp³-hybridized carbons (Fsp3) is 0.846. The highest BCUT2D eigenvalue weighted by atomic mass is 16.5. The molecule has 2 aliphatic rings. The third-order valence-corrected chi connectivity index (χ3v) is 3.86. The molecule has 1 N–H and O–H groups in total. The van der Waals surface area contributed by atoms with Crippen LogP contribution in [0.15, 0.2) is 0 Å². The predicted molar refractivity (Wildman–Crippen MR) is 68.9 cm³/mol. The van der Waals surface area contributed by atoms with Gasteiger partial charge in [-0.1, -0.05) is 0 Å². The summed E-state index contributed by atoms with van der Waals surface area (Å²) in [5.41, 5.74) is 0. The molecule has 1 unspecified atom stereocenters. The van der Waals surface area contributed by atoms with Crippen molar-refractivity contribution in [3.05, 3.63) is 0 Å². The van der Waals surface area contributed by atoms with Crippen LogP contribution < -0.4 is 0 Å². The van der Waals surface area contributed by atoms with E-state index in [-0.39, 0.29) is 24.5 Å². The van der Waals surface area contributed by atoms with E-state index >= 15 is 0 Å². The smallest absolute Gasteiger partial charge is 0.320 e. The van der Waals surface area contributed by atoms with Gasteiger partial charge in [0.25, 0.3) is 0 Å². The SMILES string of the molecule is CC1CN(C(=O)N2CCC(CC(=O)O)CC2)CCO1. The standard InChI is InChI=1S/C13H22N2O4/c1-10-9-15(6-7-19-10)13(18)14-4-2-11(3-5-14)8-12(16)17/h10-11H,2-9H2,1H3,(H,16,17). The van der Waals surface area contributed by atoms with Crippen molar-refractivity contribution in [2.75, 3.05) is 32.8 Å². The summed E-state index contributed by atoms with van der Waals surface area (Å²) in [5.74, 6) is -0.531. The molecular weight excluding hydrogens is 248 g/mol. The Morgan fingerprint density at radius 1 is 1.21 bits per heavy atom. The van der Waals surface area contributed by atoms with Crippen LogP contribution in [0.2, 0.25) is 0 Å². The Balaban J connectivity index is 1.80. The van der Waals surface area contributed by atoms with Crippen molar-refractivity contribution in [2.24, 2.45) is 5.92 Å². The minimum Gasteiger partial charge on any atom is -0.481 e. The fourth-order valence-electron chi connectivity index (χ4n) is 2.77. The molecule has 2 heterocycles. The molecule has 108 valence electrons. The minimum absolute atomic E-state index is 0.0731. The lowest BCUT2D eigenvalue weighted by Crippen LogP contribution is -2.52. The Labute approximate surface area is 113 Å². The van der Waals surface area contributed by atoms with Crippen molar-refractivity contribution >= 4 is 12.0 Å². The van der Waals surface area contributed by atoms with Gasteiger partial charge in [0, 0.05) is 32.6 Å². The molecule has 0 radical (unpaired) electrons. The number of carboxylic acid groups (broad SMARTS) is 1.